The van der Waals surface area contributed by atoms with Crippen LogP contribution in [0, 0.1) is 3.57 Å². The number of ether oxygens (including phenoxy) is 2. The van der Waals surface area contributed by atoms with Gasteiger partial charge in [0.25, 0.3) is 5.91 Å². The highest BCUT2D eigenvalue weighted by Gasteiger charge is 2.25. The van der Waals surface area contributed by atoms with Crippen molar-refractivity contribution in [3.05, 3.63) is 61.6 Å². The quantitative estimate of drug-likeness (QED) is 0.534. The van der Waals surface area contributed by atoms with E-state index < -0.39 is 6.09 Å². The monoisotopic (exact) mass is 574 g/mol. The average Bonchev–Trinajstić information content (AvgIpc) is 2.73. The lowest BCUT2D eigenvalue weighted by atomic mass is 10.2. The summed E-state index contributed by atoms with van der Waals surface area (Å²) in [6, 6.07) is 12.3. The first-order chi connectivity index (χ1) is 13.9. The molecule has 1 heterocycles. The number of nitrogens with one attached hydrogen (secondary N) is 1. The van der Waals surface area contributed by atoms with Crippen LogP contribution in [0.4, 0.5) is 4.79 Å². The molecule has 1 fully saturated rings. The number of carbonyl (C=O) groups excluding carboxylic acids is 2. The zero-order valence-electron chi connectivity index (χ0n) is 15.4. The van der Waals surface area contributed by atoms with Crippen LogP contribution in [0.3, 0.4) is 0 Å². The van der Waals surface area contributed by atoms with Crippen molar-refractivity contribution < 1.29 is 24.2 Å². The van der Waals surface area contributed by atoms with E-state index in [2.05, 4.69) is 43.8 Å². The fourth-order valence-corrected chi connectivity index (χ4v) is 3.52. The Hall–Kier alpha value is -1.85. The summed E-state index contributed by atoms with van der Waals surface area (Å²) in [5, 5.41) is 12.3. The summed E-state index contributed by atoms with van der Waals surface area (Å²) < 4.78 is 12.6. The molecule has 9 heteroatoms. The molecule has 0 unspecified atom stereocenters. The molecule has 29 heavy (non-hydrogen) atoms. The number of benzene rings is 2. The van der Waals surface area contributed by atoms with E-state index in [-0.39, 0.29) is 30.9 Å². The van der Waals surface area contributed by atoms with Crippen LogP contribution in [-0.4, -0.2) is 54.4 Å². The maximum absolute atomic E-state index is 12.3. The van der Waals surface area contributed by atoms with Crippen LogP contribution in [0.15, 0.2) is 46.9 Å². The van der Waals surface area contributed by atoms with Crippen LogP contribution in [0.5, 0.6) is 5.75 Å². The first-order valence-electron chi connectivity index (χ1n) is 8.97. The van der Waals surface area contributed by atoms with Gasteiger partial charge in [0, 0.05) is 22.2 Å². The Bertz CT molecular complexity index is 878. The number of hydrogen-bond acceptors (Lipinski definition) is 5. The largest absolute Gasteiger partial charge is 0.507 e. The number of nitrogens with zero attached hydrogens (tertiary/aromatic N) is 1. The predicted octanol–water partition coefficient (Wildman–Crippen LogP) is 3.53. The van der Waals surface area contributed by atoms with E-state index in [0.717, 1.165) is 9.13 Å². The van der Waals surface area contributed by atoms with Crippen molar-refractivity contribution >= 4 is 50.5 Å². The van der Waals surface area contributed by atoms with Gasteiger partial charge in [0.05, 0.1) is 23.7 Å². The van der Waals surface area contributed by atoms with Crippen LogP contribution in [0.1, 0.15) is 15.9 Å². The van der Waals surface area contributed by atoms with Gasteiger partial charge < -0.3 is 24.8 Å². The molecule has 1 saturated heterocycles. The van der Waals surface area contributed by atoms with Gasteiger partial charge in [0.2, 0.25) is 0 Å². The predicted molar refractivity (Wildman–Crippen MR) is 119 cm³/mol. The molecule has 0 spiro atoms. The topological polar surface area (TPSA) is 88.1 Å². The molecule has 0 radical (unpaired) electrons. The molecule has 3 rings (SSSR count). The van der Waals surface area contributed by atoms with Crippen LogP contribution in [0.25, 0.3) is 0 Å². The van der Waals surface area contributed by atoms with Gasteiger partial charge in [0.1, 0.15) is 12.4 Å². The molecular formula is C20H20BrIN2O5. The number of amides is 2. The highest BCUT2D eigenvalue weighted by molar-refractivity contribution is 14.1. The molecule has 2 amide bonds. The summed E-state index contributed by atoms with van der Waals surface area (Å²) in [5.41, 5.74) is 1.34. The van der Waals surface area contributed by atoms with Crippen molar-refractivity contribution in [3.63, 3.8) is 0 Å². The highest BCUT2D eigenvalue weighted by Crippen LogP contribution is 2.24. The smallest absolute Gasteiger partial charge is 0.410 e. The van der Waals surface area contributed by atoms with Crippen molar-refractivity contribution in [1.82, 2.24) is 10.2 Å². The Morgan fingerprint density at radius 1 is 1.28 bits per heavy atom. The fraction of sp³-hybridized carbons (Fsp3) is 0.300. The van der Waals surface area contributed by atoms with Crippen molar-refractivity contribution in [1.29, 1.82) is 0 Å². The standard InChI is InChI=1S/C20H20BrIN2O5/c21-17-9-14(3-6-18(17)25)19(26)23-10-16-11-24(7-8-28-16)20(27)29-12-13-1-4-15(22)5-2-13/h1-6,9,16,25H,7-8,10-12H2,(H,23,26)/t16-/m1/s1. The molecule has 0 bridgehead atoms. The van der Waals surface area contributed by atoms with Gasteiger partial charge in [0.15, 0.2) is 0 Å². The maximum atomic E-state index is 12.3. The Morgan fingerprint density at radius 3 is 2.76 bits per heavy atom. The second-order valence-electron chi connectivity index (χ2n) is 6.50. The number of phenols is 1. The van der Waals surface area contributed by atoms with Crippen molar-refractivity contribution in [2.24, 2.45) is 0 Å². The van der Waals surface area contributed by atoms with E-state index in [1.54, 1.807) is 11.0 Å². The number of aromatic hydroxyl groups is 1. The summed E-state index contributed by atoms with van der Waals surface area (Å²) in [6.07, 6.45) is -0.718. The van der Waals surface area contributed by atoms with Gasteiger partial charge in [-0.15, -0.1) is 0 Å². The molecule has 1 aliphatic heterocycles. The molecule has 1 atom stereocenters. The average molecular weight is 575 g/mol. The zero-order chi connectivity index (χ0) is 20.8. The zero-order valence-corrected chi connectivity index (χ0v) is 19.2. The third-order valence-electron chi connectivity index (χ3n) is 4.37. The van der Waals surface area contributed by atoms with E-state index in [4.69, 9.17) is 9.47 Å². The normalized spacial score (nSPS) is 16.3. The molecule has 0 saturated carbocycles. The Balaban J connectivity index is 1.46. The number of phenolic OH excluding ortho intramolecular Hbond substituents is 1. The SMILES string of the molecule is O=C(NC[C@@H]1CN(C(=O)OCc2ccc(I)cc2)CCO1)c1ccc(O)c(Br)c1. The maximum Gasteiger partial charge on any atom is 0.410 e. The molecular weight excluding hydrogens is 555 g/mol. The summed E-state index contributed by atoms with van der Waals surface area (Å²) in [6.45, 7) is 1.64. The first kappa shape index (κ1) is 21.8. The molecule has 0 aromatic heterocycles. The molecule has 0 aliphatic carbocycles. The van der Waals surface area contributed by atoms with Gasteiger partial charge in [-0.05, 0) is 74.4 Å². The first-order valence-corrected chi connectivity index (χ1v) is 10.8. The van der Waals surface area contributed by atoms with Crippen LogP contribution < -0.4 is 5.32 Å². The molecule has 2 N–H and O–H groups in total. The van der Waals surface area contributed by atoms with Gasteiger partial charge in [-0.1, -0.05) is 12.1 Å². The lowest BCUT2D eigenvalue weighted by Crippen LogP contribution is -2.49. The fourth-order valence-electron chi connectivity index (χ4n) is 2.78. The Morgan fingerprint density at radius 2 is 2.03 bits per heavy atom. The number of halogens is 2. The Kier molecular flexibility index (Phi) is 7.73. The molecule has 2 aromatic rings. The number of rotatable bonds is 5. The van der Waals surface area contributed by atoms with Crippen LogP contribution >= 0.6 is 38.5 Å². The van der Waals surface area contributed by atoms with Crippen LogP contribution in [-0.2, 0) is 16.1 Å². The minimum atomic E-state index is -0.398. The second-order valence-corrected chi connectivity index (χ2v) is 8.60. The Labute approximate surface area is 190 Å². The van der Waals surface area contributed by atoms with Gasteiger partial charge in [-0.3, -0.25) is 4.79 Å². The third-order valence-corrected chi connectivity index (χ3v) is 5.73. The van der Waals surface area contributed by atoms with E-state index in [9.17, 15) is 14.7 Å². The third kappa shape index (κ3) is 6.31. The molecule has 7 nitrogen and oxygen atoms in total. The van der Waals surface area contributed by atoms with Crippen molar-refractivity contribution in [3.8, 4) is 5.75 Å². The minimum absolute atomic E-state index is 0.0663. The number of carbonyl (C=O) groups is 2. The van der Waals surface area contributed by atoms with E-state index >= 15 is 0 Å². The van der Waals surface area contributed by atoms with Crippen LogP contribution in [0.2, 0.25) is 0 Å². The summed E-state index contributed by atoms with van der Waals surface area (Å²) >= 11 is 5.41. The van der Waals surface area contributed by atoms with E-state index in [0.29, 0.717) is 29.7 Å². The summed E-state index contributed by atoms with van der Waals surface area (Å²) in [7, 11) is 0. The minimum Gasteiger partial charge on any atom is -0.507 e. The van der Waals surface area contributed by atoms with Gasteiger partial charge in [-0.2, -0.15) is 0 Å². The number of morpholine rings is 1. The molecule has 1 aliphatic rings. The summed E-state index contributed by atoms with van der Waals surface area (Å²) in [4.78, 5) is 26.2. The second kappa shape index (κ2) is 10.3. The van der Waals surface area contributed by atoms with E-state index in [1.165, 1.54) is 12.1 Å². The van der Waals surface area contributed by atoms with Gasteiger partial charge in [-0.25, -0.2) is 4.79 Å². The van der Waals surface area contributed by atoms with Gasteiger partial charge >= 0.3 is 6.09 Å². The molecule has 154 valence electrons. The van der Waals surface area contributed by atoms with Crippen molar-refractivity contribution in [2.75, 3.05) is 26.2 Å². The lowest BCUT2D eigenvalue weighted by molar-refractivity contribution is -0.0263. The lowest BCUT2D eigenvalue weighted by Gasteiger charge is -2.32. The van der Waals surface area contributed by atoms with E-state index in [1.807, 2.05) is 24.3 Å². The van der Waals surface area contributed by atoms with Crippen molar-refractivity contribution in [2.45, 2.75) is 12.7 Å². The summed E-state index contributed by atoms with van der Waals surface area (Å²) in [5.74, 6) is -0.218. The molecule has 2 aromatic carbocycles. The number of hydrogen-bond donors (Lipinski definition) is 2. The highest BCUT2D eigenvalue weighted by atomic mass is 127.